The summed E-state index contributed by atoms with van der Waals surface area (Å²) in [6.07, 6.45) is 4.62. The van der Waals surface area contributed by atoms with Crippen LogP contribution < -0.4 is 5.32 Å². The summed E-state index contributed by atoms with van der Waals surface area (Å²) < 4.78 is 4.92. The summed E-state index contributed by atoms with van der Waals surface area (Å²) in [6.45, 7) is 7.82. The van der Waals surface area contributed by atoms with Crippen molar-refractivity contribution in [2.45, 2.75) is 40.0 Å². The fraction of sp³-hybridized carbons (Fsp3) is 0.450. The Hall–Kier alpha value is -2.81. The van der Waals surface area contributed by atoms with Gasteiger partial charge in [0.25, 0.3) is 5.91 Å². The third-order valence-corrected chi connectivity index (χ3v) is 3.64. The first-order valence-electron chi connectivity index (χ1n) is 9.00. The molecule has 140 valence electrons. The van der Waals surface area contributed by atoms with Gasteiger partial charge in [0.05, 0.1) is 12.2 Å². The topological polar surface area (TPSA) is 82.4 Å². The Morgan fingerprint density at radius 1 is 1.15 bits per heavy atom. The molecule has 1 N–H and O–H groups in total. The smallest absolute Gasteiger partial charge is 0.338 e. The van der Waals surface area contributed by atoms with E-state index in [1.54, 1.807) is 37.4 Å². The average Bonchev–Trinajstić information content (AvgIpc) is 2.64. The monoisotopic (exact) mass is 357 g/mol. The quantitative estimate of drug-likeness (QED) is 0.392. The van der Waals surface area contributed by atoms with Gasteiger partial charge in [0.15, 0.2) is 0 Å². The predicted octanol–water partition coefficient (Wildman–Crippen LogP) is 3.72. The zero-order chi connectivity index (χ0) is 19.4. The molecule has 0 heterocycles. The summed E-state index contributed by atoms with van der Waals surface area (Å²) in [7, 11) is 0. The SMILES string of the molecule is CCCCN(/C=C(/C#N)C(=O)Nc1ccc(C(=O)OCC)cc1)CCC. The van der Waals surface area contributed by atoms with Crippen molar-refractivity contribution in [2.75, 3.05) is 25.0 Å². The number of rotatable bonds is 10. The third-order valence-electron chi connectivity index (χ3n) is 3.64. The van der Waals surface area contributed by atoms with Crippen LogP contribution in [0.25, 0.3) is 0 Å². The van der Waals surface area contributed by atoms with Gasteiger partial charge in [-0.2, -0.15) is 5.26 Å². The highest BCUT2D eigenvalue weighted by Crippen LogP contribution is 2.12. The molecule has 26 heavy (non-hydrogen) atoms. The van der Waals surface area contributed by atoms with E-state index in [-0.39, 0.29) is 5.57 Å². The molecule has 0 fully saturated rings. The minimum Gasteiger partial charge on any atom is -0.462 e. The Kier molecular flexibility index (Phi) is 9.55. The fourth-order valence-corrected chi connectivity index (χ4v) is 2.31. The molecule has 0 bridgehead atoms. The minimum absolute atomic E-state index is 0.0593. The number of hydrogen-bond acceptors (Lipinski definition) is 5. The van der Waals surface area contributed by atoms with Crippen molar-refractivity contribution in [1.82, 2.24) is 4.90 Å². The number of carbonyl (C=O) groups excluding carboxylic acids is 2. The molecule has 0 atom stereocenters. The van der Waals surface area contributed by atoms with Crippen LogP contribution in [-0.4, -0.2) is 36.5 Å². The molecule has 0 aliphatic rings. The Bertz CT molecular complexity index is 660. The largest absolute Gasteiger partial charge is 0.462 e. The first-order chi connectivity index (χ1) is 12.5. The summed E-state index contributed by atoms with van der Waals surface area (Å²) in [6, 6.07) is 8.34. The zero-order valence-electron chi connectivity index (χ0n) is 15.7. The summed E-state index contributed by atoms with van der Waals surface area (Å²) >= 11 is 0. The molecule has 1 aromatic rings. The second kappa shape index (κ2) is 11.7. The van der Waals surface area contributed by atoms with Gasteiger partial charge in [-0.1, -0.05) is 20.3 Å². The van der Waals surface area contributed by atoms with Crippen LogP contribution in [0, 0.1) is 11.3 Å². The number of nitriles is 1. The number of ether oxygens (including phenoxy) is 1. The molecule has 0 spiro atoms. The Morgan fingerprint density at radius 2 is 1.85 bits per heavy atom. The van der Waals surface area contributed by atoms with Crippen molar-refractivity contribution in [3.63, 3.8) is 0 Å². The van der Waals surface area contributed by atoms with Crippen LogP contribution in [0.4, 0.5) is 5.69 Å². The van der Waals surface area contributed by atoms with Gasteiger partial charge < -0.3 is 15.0 Å². The molecule has 6 heteroatoms. The zero-order valence-corrected chi connectivity index (χ0v) is 15.7. The number of amides is 1. The predicted molar refractivity (Wildman–Crippen MR) is 101 cm³/mol. The molecule has 0 aliphatic carbocycles. The van der Waals surface area contributed by atoms with Gasteiger partial charge in [0, 0.05) is 25.0 Å². The Balaban J connectivity index is 2.80. The van der Waals surface area contributed by atoms with Crippen LogP contribution in [0.15, 0.2) is 36.0 Å². The number of hydrogen-bond donors (Lipinski definition) is 1. The van der Waals surface area contributed by atoms with Gasteiger partial charge in [-0.05, 0) is 44.0 Å². The van der Waals surface area contributed by atoms with E-state index in [4.69, 9.17) is 4.74 Å². The average molecular weight is 357 g/mol. The van der Waals surface area contributed by atoms with Crippen LogP contribution >= 0.6 is 0 Å². The molecule has 1 aromatic carbocycles. The third kappa shape index (κ3) is 6.98. The number of carbonyl (C=O) groups is 2. The van der Waals surface area contributed by atoms with E-state index in [2.05, 4.69) is 19.2 Å². The Morgan fingerprint density at radius 3 is 2.38 bits per heavy atom. The lowest BCUT2D eigenvalue weighted by Gasteiger charge is -2.19. The standard InChI is InChI=1S/C20H27N3O3/c1-4-7-13-23(12-5-2)15-17(14-21)19(24)22-18-10-8-16(9-11-18)20(25)26-6-3/h8-11,15H,4-7,12-13H2,1-3H3,(H,22,24)/b17-15-. The van der Waals surface area contributed by atoms with Crippen molar-refractivity contribution in [3.05, 3.63) is 41.6 Å². The highest BCUT2D eigenvalue weighted by atomic mass is 16.5. The highest BCUT2D eigenvalue weighted by molar-refractivity contribution is 6.06. The number of nitrogens with zero attached hydrogens (tertiary/aromatic N) is 2. The van der Waals surface area contributed by atoms with E-state index in [9.17, 15) is 14.9 Å². The lowest BCUT2D eigenvalue weighted by Crippen LogP contribution is -2.23. The molecule has 0 saturated heterocycles. The van der Waals surface area contributed by atoms with Crippen molar-refractivity contribution >= 4 is 17.6 Å². The summed E-state index contributed by atoms with van der Waals surface area (Å²) in [5.41, 5.74) is 0.985. The van der Waals surface area contributed by atoms with Crippen molar-refractivity contribution in [2.24, 2.45) is 0 Å². The molecule has 0 aromatic heterocycles. The van der Waals surface area contributed by atoms with E-state index < -0.39 is 11.9 Å². The van der Waals surface area contributed by atoms with E-state index in [0.29, 0.717) is 17.9 Å². The summed E-state index contributed by atoms with van der Waals surface area (Å²) in [5.74, 6) is -0.872. The Labute approximate surface area is 155 Å². The second-order valence-electron chi connectivity index (χ2n) is 5.80. The van der Waals surface area contributed by atoms with Gasteiger partial charge in [-0.3, -0.25) is 4.79 Å². The van der Waals surface area contributed by atoms with Crippen molar-refractivity contribution in [3.8, 4) is 6.07 Å². The number of benzene rings is 1. The van der Waals surface area contributed by atoms with Crippen LogP contribution in [0.2, 0.25) is 0 Å². The second-order valence-corrected chi connectivity index (χ2v) is 5.80. The summed E-state index contributed by atoms with van der Waals surface area (Å²) in [5, 5.41) is 12.0. The minimum atomic E-state index is -0.464. The number of anilines is 1. The molecular formula is C20H27N3O3. The molecule has 1 rings (SSSR count). The van der Waals surface area contributed by atoms with Crippen LogP contribution in [0.5, 0.6) is 0 Å². The number of unbranched alkanes of at least 4 members (excludes halogenated alkanes) is 1. The van der Waals surface area contributed by atoms with Crippen LogP contribution in [-0.2, 0) is 9.53 Å². The lowest BCUT2D eigenvalue weighted by molar-refractivity contribution is -0.112. The van der Waals surface area contributed by atoms with Gasteiger partial charge >= 0.3 is 5.97 Å². The first-order valence-corrected chi connectivity index (χ1v) is 9.00. The highest BCUT2D eigenvalue weighted by Gasteiger charge is 2.12. The molecule has 0 unspecified atom stereocenters. The molecule has 6 nitrogen and oxygen atoms in total. The summed E-state index contributed by atoms with van der Waals surface area (Å²) in [4.78, 5) is 26.0. The lowest BCUT2D eigenvalue weighted by atomic mass is 10.2. The maximum atomic E-state index is 12.4. The molecular weight excluding hydrogens is 330 g/mol. The van der Waals surface area contributed by atoms with Crippen molar-refractivity contribution in [1.29, 1.82) is 5.26 Å². The molecule has 0 radical (unpaired) electrons. The molecule has 1 amide bonds. The van der Waals surface area contributed by atoms with Gasteiger partial charge in [0.2, 0.25) is 0 Å². The van der Waals surface area contributed by atoms with Gasteiger partial charge in [-0.15, -0.1) is 0 Å². The van der Waals surface area contributed by atoms with Gasteiger partial charge in [-0.25, -0.2) is 4.79 Å². The van der Waals surface area contributed by atoms with E-state index in [1.165, 1.54) is 0 Å². The normalized spacial score (nSPS) is 10.8. The number of nitrogens with one attached hydrogen (secondary N) is 1. The van der Waals surface area contributed by atoms with E-state index in [1.807, 2.05) is 11.0 Å². The number of esters is 1. The fourth-order valence-electron chi connectivity index (χ4n) is 2.31. The van der Waals surface area contributed by atoms with Crippen molar-refractivity contribution < 1.29 is 14.3 Å². The van der Waals surface area contributed by atoms with Crippen LogP contribution in [0.1, 0.15) is 50.4 Å². The molecule has 0 aliphatic heterocycles. The van der Waals surface area contributed by atoms with E-state index in [0.717, 1.165) is 32.4 Å². The maximum Gasteiger partial charge on any atom is 0.338 e. The van der Waals surface area contributed by atoms with Crippen LogP contribution in [0.3, 0.4) is 0 Å². The molecule has 0 saturated carbocycles. The van der Waals surface area contributed by atoms with E-state index >= 15 is 0 Å². The maximum absolute atomic E-state index is 12.4. The van der Waals surface area contributed by atoms with Gasteiger partial charge in [0.1, 0.15) is 11.6 Å². The first kappa shape index (κ1) is 21.2.